The van der Waals surface area contributed by atoms with Gasteiger partial charge in [0.05, 0.1) is 0 Å². The maximum Gasteiger partial charge on any atom is 0.433 e. The van der Waals surface area contributed by atoms with Gasteiger partial charge in [-0.2, -0.15) is 18.3 Å². The number of carboxylic acid groups (broad SMARTS) is 1. The fourth-order valence-electron chi connectivity index (χ4n) is 1.99. The zero-order valence-electron chi connectivity index (χ0n) is 11.3. The molecule has 1 aliphatic rings. The van der Waals surface area contributed by atoms with Gasteiger partial charge in [-0.3, -0.25) is 0 Å². The molecule has 0 bridgehead atoms. The van der Waals surface area contributed by atoms with Crippen molar-refractivity contribution in [2.24, 2.45) is 0 Å². The van der Waals surface area contributed by atoms with E-state index in [1.807, 2.05) is 12.2 Å². The first-order valence-corrected chi connectivity index (χ1v) is 7.22. The van der Waals surface area contributed by atoms with Gasteiger partial charge in [-0.25, -0.2) is 9.48 Å². The van der Waals surface area contributed by atoms with Crippen LogP contribution in [0, 0.1) is 0 Å². The number of carbonyl (C=O) groups is 1. The lowest BCUT2D eigenvalue weighted by Crippen LogP contribution is -2.14. The van der Waals surface area contributed by atoms with Crippen LogP contribution in [0.15, 0.2) is 34.9 Å². The predicted octanol–water partition coefficient (Wildman–Crippen LogP) is 4.46. The molecule has 0 saturated heterocycles. The van der Waals surface area contributed by atoms with Crippen molar-refractivity contribution in [1.82, 2.24) is 9.78 Å². The minimum Gasteiger partial charge on any atom is -0.476 e. The normalized spacial score (nSPS) is 16.4. The minimum atomic E-state index is -4.68. The van der Waals surface area contributed by atoms with Crippen molar-refractivity contribution in [3.63, 3.8) is 0 Å². The highest BCUT2D eigenvalue weighted by molar-refractivity contribution is 9.11. The molecular formula is C14H12BrF3N2O2. The lowest BCUT2D eigenvalue weighted by molar-refractivity contribution is -0.142. The van der Waals surface area contributed by atoms with Crippen molar-refractivity contribution in [3.05, 3.63) is 46.2 Å². The maximum atomic E-state index is 13.1. The Balaban J connectivity index is 2.54. The maximum absolute atomic E-state index is 13.1. The lowest BCUT2D eigenvalue weighted by Gasteiger charge is -2.12. The summed E-state index contributed by atoms with van der Waals surface area (Å²) >= 11 is 3.28. The summed E-state index contributed by atoms with van der Waals surface area (Å²) in [6, 6.07) is 0.548. The molecule has 2 rings (SSSR count). The first-order valence-electron chi connectivity index (χ1n) is 6.43. The van der Waals surface area contributed by atoms with Gasteiger partial charge in [0.2, 0.25) is 0 Å². The summed E-state index contributed by atoms with van der Waals surface area (Å²) in [5.41, 5.74) is -1.43. The highest BCUT2D eigenvalue weighted by atomic mass is 79.9. The molecule has 0 radical (unpaired) electrons. The molecule has 0 atom stereocenters. The number of hydrogen-bond donors (Lipinski definition) is 1. The van der Waals surface area contributed by atoms with Crippen molar-refractivity contribution >= 4 is 27.6 Å². The van der Waals surface area contributed by atoms with Gasteiger partial charge in [0.15, 0.2) is 5.69 Å². The number of aromatic nitrogens is 2. The molecule has 0 amide bonds. The van der Waals surface area contributed by atoms with E-state index >= 15 is 0 Å². The van der Waals surface area contributed by atoms with Crippen LogP contribution < -0.4 is 0 Å². The smallest absolute Gasteiger partial charge is 0.433 e. The summed E-state index contributed by atoms with van der Waals surface area (Å²) < 4.78 is 40.7. The largest absolute Gasteiger partial charge is 0.476 e. The third-order valence-electron chi connectivity index (χ3n) is 3.01. The summed E-state index contributed by atoms with van der Waals surface area (Å²) in [6.07, 6.45) is 3.85. The second-order valence-corrected chi connectivity index (χ2v) is 5.55. The highest BCUT2D eigenvalue weighted by Gasteiger charge is 2.37. The Morgan fingerprint density at radius 2 is 2.09 bits per heavy atom. The fourth-order valence-corrected chi connectivity index (χ4v) is 2.31. The summed E-state index contributed by atoms with van der Waals surface area (Å²) in [5, 5.41) is 12.5. The number of alkyl halides is 3. The van der Waals surface area contributed by atoms with Gasteiger partial charge >= 0.3 is 12.1 Å². The third kappa shape index (κ3) is 3.88. The summed E-state index contributed by atoms with van der Waals surface area (Å²) in [6.45, 7) is 0. The summed E-state index contributed by atoms with van der Waals surface area (Å²) in [7, 11) is 0. The minimum absolute atomic E-state index is 0.292. The van der Waals surface area contributed by atoms with Crippen molar-refractivity contribution in [2.75, 3.05) is 0 Å². The number of halogens is 4. The van der Waals surface area contributed by atoms with E-state index in [9.17, 15) is 18.0 Å². The van der Waals surface area contributed by atoms with Crippen molar-refractivity contribution in [3.8, 4) is 0 Å². The molecule has 1 aromatic rings. The molecule has 0 unspecified atom stereocenters. The lowest BCUT2D eigenvalue weighted by atomic mass is 10.2. The number of nitrogens with zero attached hydrogens (tertiary/aromatic N) is 2. The molecular weight excluding hydrogens is 365 g/mol. The molecule has 22 heavy (non-hydrogen) atoms. The molecule has 118 valence electrons. The van der Waals surface area contributed by atoms with E-state index in [1.165, 1.54) is 6.08 Å². The second kappa shape index (κ2) is 6.51. The Bertz CT molecular complexity index is 672. The molecule has 0 aromatic carbocycles. The Morgan fingerprint density at radius 1 is 1.36 bits per heavy atom. The van der Waals surface area contributed by atoms with Crippen LogP contribution >= 0.6 is 15.9 Å². The van der Waals surface area contributed by atoms with Crippen LogP contribution in [-0.4, -0.2) is 20.9 Å². The van der Waals surface area contributed by atoms with Gasteiger partial charge in [-0.1, -0.05) is 28.1 Å². The van der Waals surface area contributed by atoms with E-state index in [2.05, 4.69) is 21.0 Å². The van der Waals surface area contributed by atoms with Gasteiger partial charge in [0.25, 0.3) is 0 Å². The topological polar surface area (TPSA) is 55.1 Å². The Kier molecular flexibility index (Phi) is 4.90. The molecule has 0 spiro atoms. The van der Waals surface area contributed by atoms with Crippen LogP contribution in [-0.2, 0) is 6.18 Å². The number of rotatable bonds is 2. The Labute approximate surface area is 132 Å². The first-order chi connectivity index (χ1) is 10.3. The average Bonchev–Trinajstić information content (AvgIpc) is 2.88. The number of aromatic carboxylic acids is 1. The summed E-state index contributed by atoms with van der Waals surface area (Å²) in [5.74, 6) is -1.49. The Morgan fingerprint density at radius 3 is 2.73 bits per heavy atom. The van der Waals surface area contributed by atoms with E-state index in [1.54, 1.807) is 6.08 Å². The second-order valence-electron chi connectivity index (χ2n) is 4.63. The number of hydrogen-bond acceptors (Lipinski definition) is 2. The SMILES string of the molecule is O=C(O)c1cc(C(F)(F)F)n(C2=CC=C(Br)C=CCCC2)n1. The van der Waals surface area contributed by atoms with Crippen LogP contribution in [0.5, 0.6) is 0 Å². The first kappa shape index (κ1) is 16.5. The zero-order chi connectivity index (χ0) is 16.3. The molecule has 0 fully saturated rings. The zero-order valence-corrected chi connectivity index (χ0v) is 12.9. The molecule has 0 aliphatic heterocycles. The quantitative estimate of drug-likeness (QED) is 0.828. The van der Waals surface area contributed by atoms with E-state index < -0.39 is 23.5 Å². The monoisotopic (exact) mass is 376 g/mol. The van der Waals surface area contributed by atoms with Gasteiger partial charge in [0.1, 0.15) is 5.69 Å². The highest BCUT2D eigenvalue weighted by Crippen LogP contribution is 2.32. The Hall–Kier alpha value is -1.83. The third-order valence-corrected chi connectivity index (χ3v) is 3.54. The van der Waals surface area contributed by atoms with E-state index in [0.717, 1.165) is 0 Å². The van der Waals surface area contributed by atoms with Gasteiger partial charge in [0, 0.05) is 16.2 Å². The van der Waals surface area contributed by atoms with Crippen LogP contribution in [0.25, 0.3) is 5.70 Å². The predicted molar refractivity (Wildman–Crippen MR) is 78.5 cm³/mol. The summed E-state index contributed by atoms with van der Waals surface area (Å²) in [4.78, 5) is 10.9. The van der Waals surface area contributed by atoms with Crippen molar-refractivity contribution in [2.45, 2.75) is 25.4 Å². The average molecular weight is 377 g/mol. The van der Waals surface area contributed by atoms with E-state index in [0.29, 0.717) is 40.2 Å². The van der Waals surface area contributed by atoms with Crippen molar-refractivity contribution < 1.29 is 23.1 Å². The number of allylic oxidation sites excluding steroid dienone is 6. The fraction of sp³-hybridized carbons (Fsp3) is 0.286. The van der Waals surface area contributed by atoms with Crippen molar-refractivity contribution in [1.29, 1.82) is 0 Å². The van der Waals surface area contributed by atoms with Gasteiger partial charge < -0.3 is 5.11 Å². The molecule has 1 heterocycles. The van der Waals surface area contributed by atoms with E-state index in [-0.39, 0.29) is 0 Å². The van der Waals surface area contributed by atoms with Crippen LogP contribution in [0.2, 0.25) is 0 Å². The van der Waals surface area contributed by atoms with Crippen LogP contribution in [0.3, 0.4) is 0 Å². The van der Waals surface area contributed by atoms with Crippen LogP contribution in [0.1, 0.15) is 35.4 Å². The van der Waals surface area contributed by atoms with Gasteiger partial charge in [-0.05, 0) is 31.4 Å². The molecule has 1 N–H and O–H groups in total. The van der Waals surface area contributed by atoms with E-state index in [4.69, 9.17) is 5.11 Å². The standard InChI is InChI=1S/C14H12BrF3N2O2/c15-9-4-2-1-3-5-10(7-6-9)20-12(14(16,17)18)8-11(19-20)13(21)22/h2,4,6-8H,1,3,5H2,(H,21,22). The molecule has 0 saturated carbocycles. The molecule has 8 heteroatoms. The number of carboxylic acids is 1. The molecule has 1 aliphatic carbocycles. The molecule has 1 aromatic heterocycles. The van der Waals surface area contributed by atoms with Gasteiger partial charge in [-0.15, -0.1) is 0 Å². The van der Waals surface area contributed by atoms with Crippen LogP contribution in [0.4, 0.5) is 13.2 Å². The molecule has 4 nitrogen and oxygen atoms in total.